The molecule has 0 aliphatic carbocycles. The standard InChI is InChI=1S/C27H28N2O3S/c1-21(29(2)33(30,31)27-14-8-12-24-20-28-17-15-25(24)27)16-18-32-26-13-7-6-11-23(26)19-22-9-4-3-5-10-22/h3-15,17,20-21H,16,18-19H2,1-2H3. The van der Waals surface area contributed by atoms with Gasteiger partial charge < -0.3 is 4.74 Å². The normalized spacial score (nSPS) is 12.7. The number of benzene rings is 3. The van der Waals surface area contributed by atoms with Gasteiger partial charge >= 0.3 is 0 Å². The van der Waals surface area contributed by atoms with E-state index in [9.17, 15) is 8.42 Å². The summed E-state index contributed by atoms with van der Waals surface area (Å²) in [6, 6.07) is 25.0. The molecule has 1 unspecified atom stereocenters. The molecule has 1 aromatic heterocycles. The summed E-state index contributed by atoms with van der Waals surface area (Å²) in [5.74, 6) is 0.834. The summed E-state index contributed by atoms with van der Waals surface area (Å²) in [5.41, 5.74) is 2.33. The van der Waals surface area contributed by atoms with Crippen LogP contribution >= 0.6 is 0 Å². The lowest BCUT2D eigenvalue weighted by Gasteiger charge is -2.25. The maximum Gasteiger partial charge on any atom is 0.243 e. The van der Waals surface area contributed by atoms with Crippen LogP contribution in [0.5, 0.6) is 5.75 Å². The van der Waals surface area contributed by atoms with Crippen molar-refractivity contribution in [3.05, 3.63) is 102 Å². The van der Waals surface area contributed by atoms with Crippen molar-refractivity contribution in [2.24, 2.45) is 0 Å². The molecule has 0 spiro atoms. The lowest BCUT2D eigenvalue weighted by molar-refractivity contribution is 0.262. The highest BCUT2D eigenvalue weighted by Gasteiger charge is 2.27. The highest BCUT2D eigenvalue weighted by molar-refractivity contribution is 7.89. The van der Waals surface area contributed by atoms with Crippen LogP contribution in [0.3, 0.4) is 0 Å². The van der Waals surface area contributed by atoms with Crippen LogP contribution in [-0.2, 0) is 16.4 Å². The van der Waals surface area contributed by atoms with E-state index in [-0.39, 0.29) is 6.04 Å². The molecule has 4 aromatic rings. The van der Waals surface area contributed by atoms with Crippen LogP contribution in [0, 0.1) is 0 Å². The van der Waals surface area contributed by atoms with Crippen molar-refractivity contribution >= 4 is 20.8 Å². The number of aromatic nitrogens is 1. The quantitative estimate of drug-likeness (QED) is 0.340. The van der Waals surface area contributed by atoms with Crippen LogP contribution in [0.4, 0.5) is 0 Å². The number of hydrogen-bond acceptors (Lipinski definition) is 4. The van der Waals surface area contributed by atoms with Crippen LogP contribution in [-0.4, -0.2) is 37.4 Å². The van der Waals surface area contributed by atoms with Crippen molar-refractivity contribution in [2.45, 2.75) is 30.7 Å². The summed E-state index contributed by atoms with van der Waals surface area (Å²) in [7, 11) is -2.03. The molecule has 6 heteroatoms. The highest BCUT2D eigenvalue weighted by Crippen LogP contribution is 2.26. The second kappa shape index (κ2) is 10.1. The first kappa shape index (κ1) is 23.0. The van der Waals surface area contributed by atoms with Crippen molar-refractivity contribution in [3.63, 3.8) is 0 Å². The minimum atomic E-state index is -3.66. The number of pyridine rings is 1. The predicted molar refractivity (Wildman–Crippen MR) is 132 cm³/mol. The Labute approximate surface area is 195 Å². The fourth-order valence-corrected chi connectivity index (χ4v) is 5.44. The van der Waals surface area contributed by atoms with E-state index in [4.69, 9.17) is 4.74 Å². The Morgan fingerprint density at radius 3 is 2.52 bits per heavy atom. The van der Waals surface area contributed by atoms with Crippen molar-refractivity contribution < 1.29 is 13.2 Å². The molecule has 0 saturated heterocycles. The second-order valence-corrected chi connectivity index (χ2v) is 10.1. The van der Waals surface area contributed by atoms with Gasteiger partial charge in [-0.25, -0.2) is 8.42 Å². The monoisotopic (exact) mass is 460 g/mol. The second-order valence-electron chi connectivity index (χ2n) is 8.13. The highest BCUT2D eigenvalue weighted by atomic mass is 32.2. The van der Waals surface area contributed by atoms with E-state index < -0.39 is 10.0 Å². The maximum absolute atomic E-state index is 13.3. The first-order valence-corrected chi connectivity index (χ1v) is 12.5. The van der Waals surface area contributed by atoms with Gasteiger partial charge in [0.2, 0.25) is 10.0 Å². The third kappa shape index (κ3) is 5.24. The Morgan fingerprint density at radius 2 is 1.70 bits per heavy atom. The molecule has 33 heavy (non-hydrogen) atoms. The smallest absolute Gasteiger partial charge is 0.243 e. The molecule has 170 valence electrons. The molecule has 0 aliphatic heterocycles. The van der Waals surface area contributed by atoms with E-state index in [1.54, 1.807) is 37.6 Å². The number of nitrogens with zero attached hydrogens (tertiary/aromatic N) is 2. The number of ether oxygens (including phenoxy) is 1. The molecule has 0 fully saturated rings. The van der Waals surface area contributed by atoms with Gasteiger partial charge in [0.1, 0.15) is 5.75 Å². The summed E-state index contributed by atoms with van der Waals surface area (Å²) in [6.45, 7) is 2.33. The number of rotatable bonds is 9. The van der Waals surface area contributed by atoms with E-state index in [1.807, 2.05) is 49.4 Å². The molecule has 1 heterocycles. The van der Waals surface area contributed by atoms with Gasteiger partial charge in [-0.05, 0) is 42.7 Å². The molecular formula is C27H28N2O3S. The Kier molecular flexibility index (Phi) is 7.06. The summed E-state index contributed by atoms with van der Waals surface area (Å²) in [4.78, 5) is 4.39. The van der Waals surface area contributed by atoms with E-state index in [2.05, 4.69) is 23.2 Å². The van der Waals surface area contributed by atoms with Gasteiger partial charge in [0.25, 0.3) is 0 Å². The summed E-state index contributed by atoms with van der Waals surface area (Å²) < 4.78 is 34.2. The van der Waals surface area contributed by atoms with Crippen LogP contribution in [0.2, 0.25) is 0 Å². The van der Waals surface area contributed by atoms with E-state index in [0.717, 1.165) is 23.1 Å². The largest absolute Gasteiger partial charge is 0.493 e. The molecule has 0 amide bonds. The van der Waals surface area contributed by atoms with Crippen molar-refractivity contribution in [1.82, 2.24) is 9.29 Å². The van der Waals surface area contributed by atoms with Crippen LogP contribution < -0.4 is 4.74 Å². The van der Waals surface area contributed by atoms with E-state index in [1.165, 1.54) is 9.87 Å². The van der Waals surface area contributed by atoms with Gasteiger partial charge in [-0.15, -0.1) is 0 Å². The fourth-order valence-electron chi connectivity index (χ4n) is 3.84. The maximum atomic E-state index is 13.3. The average Bonchev–Trinajstić information content (AvgIpc) is 2.84. The Morgan fingerprint density at radius 1 is 0.939 bits per heavy atom. The zero-order chi connectivity index (χ0) is 23.3. The first-order valence-electron chi connectivity index (χ1n) is 11.0. The molecular weight excluding hydrogens is 432 g/mol. The van der Waals surface area contributed by atoms with Crippen molar-refractivity contribution in [2.75, 3.05) is 13.7 Å². The Bertz CT molecular complexity index is 1320. The third-order valence-electron chi connectivity index (χ3n) is 5.92. The molecule has 1 atom stereocenters. The first-order chi connectivity index (χ1) is 16.0. The van der Waals surface area contributed by atoms with Crippen molar-refractivity contribution in [3.8, 4) is 5.75 Å². The van der Waals surface area contributed by atoms with Gasteiger partial charge in [0.05, 0.1) is 11.5 Å². The number of para-hydroxylation sites is 1. The van der Waals surface area contributed by atoms with Crippen LogP contribution in [0.15, 0.2) is 96.2 Å². The van der Waals surface area contributed by atoms with Crippen LogP contribution in [0.1, 0.15) is 24.5 Å². The predicted octanol–water partition coefficient (Wildman–Crippen LogP) is 5.30. The molecule has 5 nitrogen and oxygen atoms in total. The summed E-state index contributed by atoms with van der Waals surface area (Å²) >= 11 is 0. The molecule has 0 aliphatic rings. The summed E-state index contributed by atoms with van der Waals surface area (Å²) in [6.07, 6.45) is 4.66. The fraction of sp³-hybridized carbons (Fsp3) is 0.222. The molecule has 3 aromatic carbocycles. The van der Waals surface area contributed by atoms with Gasteiger partial charge in [0, 0.05) is 42.7 Å². The topological polar surface area (TPSA) is 59.5 Å². The van der Waals surface area contributed by atoms with Gasteiger partial charge in [-0.3, -0.25) is 4.98 Å². The summed E-state index contributed by atoms with van der Waals surface area (Å²) in [5, 5.41) is 1.48. The molecule has 0 radical (unpaired) electrons. The van der Waals surface area contributed by atoms with Gasteiger partial charge in [0.15, 0.2) is 0 Å². The van der Waals surface area contributed by atoms with Crippen molar-refractivity contribution in [1.29, 1.82) is 0 Å². The minimum Gasteiger partial charge on any atom is -0.493 e. The molecule has 4 rings (SSSR count). The van der Waals surface area contributed by atoms with Gasteiger partial charge in [-0.2, -0.15) is 4.31 Å². The lowest BCUT2D eigenvalue weighted by atomic mass is 10.0. The number of fused-ring (bicyclic) bond motifs is 1. The number of sulfonamides is 1. The average molecular weight is 461 g/mol. The van der Waals surface area contributed by atoms with E-state index >= 15 is 0 Å². The zero-order valence-electron chi connectivity index (χ0n) is 18.9. The SMILES string of the molecule is CC(CCOc1ccccc1Cc1ccccc1)N(C)S(=O)(=O)c1cccc2cnccc12. The number of hydrogen-bond donors (Lipinski definition) is 0. The third-order valence-corrected chi connectivity index (χ3v) is 7.95. The molecule has 0 bridgehead atoms. The Balaban J connectivity index is 1.43. The lowest BCUT2D eigenvalue weighted by Crippen LogP contribution is -2.36. The van der Waals surface area contributed by atoms with Gasteiger partial charge in [-0.1, -0.05) is 60.7 Å². The van der Waals surface area contributed by atoms with Crippen LogP contribution in [0.25, 0.3) is 10.8 Å². The Hall–Kier alpha value is -3.22. The zero-order valence-corrected chi connectivity index (χ0v) is 19.7. The van der Waals surface area contributed by atoms with E-state index in [0.29, 0.717) is 23.3 Å². The minimum absolute atomic E-state index is 0.228. The molecule has 0 N–H and O–H groups in total. The molecule has 0 saturated carbocycles.